The van der Waals surface area contributed by atoms with Crippen molar-refractivity contribution in [3.8, 4) is 0 Å². The molecule has 1 aliphatic rings. The van der Waals surface area contributed by atoms with Gasteiger partial charge < -0.3 is 9.64 Å². The van der Waals surface area contributed by atoms with Crippen LogP contribution in [0, 0.1) is 0 Å². The fourth-order valence-electron chi connectivity index (χ4n) is 3.00. The molecule has 8 heteroatoms. The molecule has 1 aliphatic heterocycles. The Morgan fingerprint density at radius 2 is 2.15 bits per heavy atom. The largest absolute Gasteiger partial charge is 0.416 e. The maximum absolute atomic E-state index is 12.8. The lowest BCUT2D eigenvalue weighted by Gasteiger charge is -2.19. The Morgan fingerprint density at radius 3 is 2.81 bits per heavy atom. The number of halogens is 3. The number of likely N-dealkylation sites (tertiary alicyclic amines) is 1. The smallest absolute Gasteiger partial charge is 0.369 e. The normalized spacial score (nSPS) is 20.3. The SMILES string of the molecule is C=CC(=O)N1CC(n2cccn2)[C@H](OCc2cccc(C(F)(F)F)c2)C1. The van der Waals surface area contributed by atoms with Crippen LogP contribution >= 0.6 is 0 Å². The molecule has 138 valence electrons. The van der Waals surface area contributed by atoms with Gasteiger partial charge in [0.1, 0.15) is 0 Å². The molecule has 2 aromatic rings. The lowest BCUT2D eigenvalue weighted by Crippen LogP contribution is -2.28. The lowest BCUT2D eigenvalue weighted by molar-refractivity contribution is -0.137. The van der Waals surface area contributed by atoms with Gasteiger partial charge in [-0.1, -0.05) is 18.7 Å². The van der Waals surface area contributed by atoms with Crippen molar-refractivity contribution >= 4 is 5.91 Å². The third-order valence-electron chi connectivity index (χ3n) is 4.31. The average Bonchev–Trinajstić information content (AvgIpc) is 3.28. The monoisotopic (exact) mass is 365 g/mol. The van der Waals surface area contributed by atoms with Crippen LogP contribution in [-0.2, 0) is 22.3 Å². The van der Waals surface area contributed by atoms with E-state index < -0.39 is 11.7 Å². The molecule has 1 aromatic heterocycles. The van der Waals surface area contributed by atoms with Crippen LogP contribution < -0.4 is 0 Å². The van der Waals surface area contributed by atoms with Crippen molar-refractivity contribution in [2.45, 2.75) is 24.9 Å². The second-order valence-corrected chi connectivity index (χ2v) is 6.05. The molecule has 5 nitrogen and oxygen atoms in total. The van der Waals surface area contributed by atoms with Gasteiger partial charge in [-0.15, -0.1) is 0 Å². The fourth-order valence-corrected chi connectivity index (χ4v) is 3.00. The second-order valence-electron chi connectivity index (χ2n) is 6.05. The number of nitrogens with zero attached hydrogens (tertiary/aromatic N) is 3. The van der Waals surface area contributed by atoms with Gasteiger partial charge in [0, 0.05) is 25.5 Å². The first-order valence-electron chi connectivity index (χ1n) is 8.06. The summed E-state index contributed by atoms with van der Waals surface area (Å²) in [5.74, 6) is -0.215. The molecule has 0 aliphatic carbocycles. The molecule has 1 amide bonds. The van der Waals surface area contributed by atoms with Crippen LogP contribution in [0.3, 0.4) is 0 Å². The summed E-state index contributed by atoms with van der Waals surface area (Å²) in [5.41, 5.74) is -0.287. The van der Waals surface area contributed by atoms with E-state index in [4.69, 9.17) is 4.74 Å². The number of alkyl halides is 3. The van der Waals surface area contributed by atoms with E-state index in [-0.39, 0.29) is 24.7 Å². The molecule has 2 atom stereocenters. The third kappa shape index (κ3) is 3.96. The Labute approximate surface area is 148 Å². The predicted octanol–water partition coefficient (Wildman–Crippen LogP) is 3.06. The van der Waals surface area contributed by atoms with Crippen molar-refractivity contribution in [2.24, 2.45) is 0 Å². The molecule has 26 heavy (non-hydrogen) atoms. The molecule has 0 bridgehead atoms. The van der Waals surface area contributed by atoms with Gasteiger partial charge in [0.05, 0.1) is 24.3 Å². The van der Waals surface area contributed by atoms with E-state index in [1.54, 1.807) is 34.1 Å². The third-order valence-corrected chi connectivity index (χ3v) is 4.31. The maximum Gasteiger partial charge on any atom is 0.416 e. The number of benzene rings is 1. The molecular formula is C18H18F3N3O2. The van der Waals surface area contributed by atoms with Crippen LogP contribution in [0.25, 0.3) is 0 Å². The van der Waals surface area contributed by atoms with Gasteiger partial charge in [-0.05, 0) is 29.8 Å². The van der Waals surface area contributed by atoms with E-state index in [0.717, 1.165) is 12.1 Å². The van der Waals surface area contributed by atoms with Gasteiger partial charge in [-0.25, -0.2) is 0 Å². The molecule has 3 rings (SSSR count). The fraction of sp³-hybridized carbons (Fsp3) is 0.333. The van der Waals surface area contributed by atoms with Crippen molar-refractivity contribution in [3.05, 3.63) is 66.5 Å². The number of aromatic nitrogens is 2. The maximum atomic E-state index is 12.8. The van der Waals surface area contributed by atoms with E-state index in [2.05, 4.69) is 11.7 Å². The van der Waals surface area contributed by atoms with Crippen LogP contribution in [-0.4, -0.2) is 39.8 Å². The lowest BCUT2D eigenvalue weighted by atomic mass is 10.1. The summed E-state index contributed by atoms with van der Waals surface area (Å²) in [4.78, 5) is 13.5. The summed E-state index contributed by atoms with van der Waals surface area (Å²) < 4.78 is 46.1. The first-order chi connectivity index (χ1) is 12.4. The number of hydrogen-bond donors (Lipinski definition) is 0. The summed E-state index contributed by atoms with van der Waals surface area (Å²) in [6.45, 7) is 4.23. The van der Waals surface area contributed by atoms with Crippen LogP contribution in [0.2, 0.25) is 0 Å². The average molecular weight is 365 g/mol. The van der Waals surface area contributed by atoms with E-state index in [1.165, 1.54) is 12.1 Å². The molecule has 1 fully saturated rings. The summed E-state index contributed by atoms with van der Waals surface area (Å²) >= 11 is 0. The molecule has 1 saturated heterocycles. The van der Waals surface area contributed by atoms with Crippen molar-refractivity contribution in [3.63, 3.8) is 0 Å². The van der Waals surface area contributed by atoms with Crippen molar-refractivity contribution < 1.29 is 22.7 Å². The Kier molecular flexibility index (Phi) is 5.13. The number of rotatable bonds is 5. The molecule has 0 N–H and O–H groups in total. The Morgan fingerprint density at radius 1 is 1.35 bits per heavy atom. The highest BCUT2D eigenvalue weighted by Gasteiger charge is 2.37. The molecule has 0 spiro atoms. The predicted molar refractivity (Wildman–Crippen MR) is 88.1 cm³/mol. The zero-order valence-electron chi connectivity index (χ0n) is 13.9. The van der Waals surface area contributed by atoms with Gasteiger partial charge in [-0.2, -0.15) is 18.3 Å². The van der Waals surface area contributed by atoms with Gasteiger partial charge >= 0.3 is 6.18 Å². The minimum Gasteiger partial charge on any atom is -0.369 e. The van der Waals surface area contributed by atoms with E-state index in [0.29, 0.717) is 18.7 Å². The number of hydrogen-bond acceptors (Lipinski definition) is 3. The van der Waals surface area contributed by atoms with Crippen LogP contribution in [0.1, 0.15) is 17.2 Å². The highest BCUT2D eigenvalue weighted by Crippen LogP contribution is 2.30. The van der Waals surface area contributed by atoms with Gasteiger partial charge in [0.2, 0.25) is 5.91 Å². The van der Waals surface area contributed by atoms with Crippen LogP contribution in [0.5, 0.6) is 0 Å². The van der Waals surface area contributed by atoms with Crippen molar-refractivity contribution in [2.75, 3.05) is 13.1 Å². The van der Waals surface area contributed by atoms with E-state index >= 15 is 0 Å². The van der Waals surface area contributed by atoms with Crippen LogP contribution in [0.4, 0.5) is 13.2 Å². The minimum atomic E-state index is -4.39. The first-order valence-corrected chi connectivity index (χ1v) is 8.06. The Bertz CT molecular complexity index is 774. The second kappa shape index (κ2) is 7.33. The molecule has 1 unspecified atom stereocenters. The number of amides is 1. The van der Waals surface area contributed by atoms with Crippen molar-refractivity contribution in [1.82, 2.24) is 14.7 Å². The van der Waals surface area contributed by atoms with Crippen molar-refractivity contribution in [1.29, 1.82) is 0 Å². The number of ether oxygens (including phenoxy) is 1. The standard InChI is InChI=1S/C18H18F3N3O2/c1-2-17(25)23-10-15(24-8-4-7-22-24)16(11-23)26-12-13-5-3-6-14(9-13)18(19,20)21/h2-9,15-16H,1,10-12H2/t15?,16-/m1/s1. The van der Waals surface area contributed by atoms with E-state index in [1.807, 2.05) is 0 Å². The molecule has 0 saturated carbocycles. The van der Waals surface area contributed by atoms with Gasteiger partial charge in [-0.3, -0.25) is 9.48 Å². The summed E-state index contributed by atoms with van der Waals surface area (Å²) in [6, 6.07) is 6.59. The summed E-state index contributed by atoms with van der Waals surface area (Å²) in [5, 5.41) is 4.19. The van der Waals surface area contributed by atoms with Gasteiger partial charge in [0.25, 0.3) is 0 Å². The quantitative estimate of drug-likeness (QED) is 0.765. The zero-order chi connectivity index (χ0) is 18.7. The number of carbonyl (C=O) groups is 1. The van der Waals surface area contributed by atoms with Crippen LogP contribution in [0.15, 0.2) is 55.4 Å². The Hall–Kier alpha value is -2.61. The molecule has 0 radical (unpaired) electrons. The number of carbonyl (C=O) groups excluding carboxylic acids is 1. The minimum absolute atomic E-state index is 0.0163. The summed E-state index contributed by atoms with van der Waals surface area (Å²) in [6.07, 6.45) is -0.147. The van der Waals surface area contributed by atoms with E-state index in [9.17, 15) is 18.0 Å². The molecular weight excluding hydrogens is 347 g/mol. The molecule has 2 heterocycles. The zero-order valence-corrected chi connectivity index (χ0v) is 13.9. The first kappa shape index (κ1) is 18.2. The topological polar surface area (TPSA) is 47.4 Å². The summed E-state index contributed by atoms with van der Waals surface area (Å²) in [7, 11) is 0. The van der Waals surface area contributed by atoms with Gasteiger partial charge in [0.15, 0.2) is 0 Å². The highest BCUT2D eigenvalue weighted by molar-refractivity contribution is 5.87. The Balaban J connectivity index is 1.72. The molecule has 1 aromatic carbocycles. The highest BCUT2D eigenvalue weighted by atomic mass is 19.4.